The van der Waals surface area contributed by atoms with Crippen LogP contribution in [0.1, 0.15) is 16.1 Å². The Morgan fingerprint density at radius 3 is 2.52 bits per heavy atom. The third-order valence-electron chi connectivity index (χ3n) is 3.53. The molecule has 0 aliphatic carbocycles. The number of hydrogen-bond donors (Lipinski definition) is 2. The van der Waals surface area contributed by atoms with E-state index in [9.17, 15) is 9.18 Å². The topological polar surface area (TPSA) is 58.9 Å². The van der Waals surface area contributed by atoms with Gasteiger partial charge in [-0.3, -0.25) is 4.79 Å². The Bertz CT molecular complexity index is 853. The van der Waals surface area contributed by atoms with E-state index in [2.05, 4.69) is 4.98 Å². The van der Waals surface area contributed by atoms with Crippen molar-refractivity contribution in [1.29, 1.82) is 0 Å². The number of H-pyrrole nitrogens is 1. The summed E-state index contributed by atoms with van der Waals surface area (Å²) in [6.45, 7) is 1.81. The Hall–Kier alpha value is -2.33. The van der Waals surface area contributed by atoms with Crippen molar-refractivity contribution in [3.63, 3.8) is 0 Å². The lowest BCUT2D eigenvalue weighted by Crippen LogP contribution is -2.12. The van der Waals surface area contributed by atoms with E-state index in [1.807, 2.05) is 6.92 Å². The molecule has 0 aliphatic rings. The third-order valence-corrected chi connectivity index (χ3v) is 3.75. The van der Waals surface area contributed by atoms with Crippen LogP contribution in [-0.4, -0.2) is 10.9 Å². The second-order valence-electron chi connectivity index (χ2n) is 4.87. The van der Waals surface area contributed by atoms with Gasteiger partial charge in [0.05, 0.1) is 5.52 Å². The maximum absolute atomic E-state index is 13.1. The molecule has 106 valence electrons. The summed E-state index contributed by atoms with van der Waals surface area (Å²) in [7, 11) is 0. The summed E-state index contributed by atoms with van der Waals surface area (Å²) < 4.78 is 13.1. The van der Waals surface area contributed by atoms with Crippen molar-refractivity contribution in [2.24, 2.45) is 5.73 Å². The fraction of sp³-hybridized carbons (Fsp3) is 0.0625. The van der Waals surface area contributed by atoms with E-state index in [0.29, 0.717) is 10.7 Å². The molecule has 0 spiro atoms. The lowest BCUT2D eigenvalue weighted by Gasteiger charge is -2.05. The van der Waals surface area contributed by atoms with Gasteiger partial charge in [0.25, 0.3) is 5.91 Å². The predicted octanol–water partition coefficient (Wildman–Crippen LogP) is 4.03. The van der Waals surface area contributed by atoms with Crippen molar-refractivity contribution in [2.75, 3.05) is 0 Å². The number of carbonyl (C=O) groups is 1. The minimum atomic E-state index is -0.523. The fourth-order valence-corrected chi connectivity index (χ4v) is 2.71. The normalized spacial score (nSPS) is 11.0. The molecule has 0 saturated carbocycles. The zero-order chi connectivity index (χ0) is 15.1. The average molecular weight is 303 g/mol. The van der Waals surface area contributed by atoms with Crippen LogP contribution in [-0.2, 0) is 0 Å². The number of fused-ring (bicyclic) bond motifs is 1. The second-order valence-corrected chi connectivity index (χ2v) is 5.31. The summed E-state index contributed by atoms with van der Waals surface area (Å²) >= 11 is 6.16. The maximum Gasteiger partial charge on any atom is 0.265 e. The first kappa shape index (κ1) is 13.6. The molecular weight excluding hydrogens is 291 g/mol. The van der Waals surface area contributed by atoms with E-state index < -0.39 is 5.91 Å². The molecule has 21 heavy (non-hydrogen) atoms. The predicted molar refractivity (Wildman–Crippen MR) is 82.0 cm³/mol. The number of carbonyl (C=O) groups excluding carboxylic acids is 1. The molecule has 2 aromatic carbocycles. The van der Waals surface area contributed by atoms with E-state index in [-0.39, 0.29) is 5.82 Å². The van der Waals surface area contributed by atoms with Crippen LogP contribution in [0.25, 0.3) is 22.0 Å². The van der Waals surface area contributed by atoms with Gasteiger partial charge in [0.15, 0.2) is 0 Å². The van der Waals surface area contributed by atoms with Gasteiger partial charge in [-0.25, -0.2) is 4.39 Å². The van der Waals surface area contributed by atoms with Crippen LogP contribution in [0.3, 0.4) is 0 Å². The Morgan fingerprint density at radius 1 is 1.24 bits per heavy atom. The number of rotatable bonds is 2. The molecule has 0 atom stereocenters. The SMILES string of the molecule is Cc1c(C(N)=O)[nH]c2c(-c3ccc(F)cc3)cc(Cl)cc12. The van der Waals surface area contributed by atoms with E-state index in [1.54, 1.807) is 24.3 Å². The summed E-state index contributed by atoms with van der Waals surface area (Å²) in [4.78, 5) is 14.5. The van der Waals surface area contributed by atoms with Gasteiger partial charge in [-0.2, -0.15) is 0 Å². The summed E-state index contributed by atoms with van der Waals surface area (Å²) in [6.07, 6.45) is 0. The molecule has 0 radical (unpaired) electrons. The molecule has 3 aromatic rings. The largest absolute Gasteiger partial charge is 0.364 e. The van der Waals surface area contributed by atoms with Crippen molar-refractivity contribution in [3.05, 3.63) is 58.5 Å². The number of nitrogens with two attached hydrogens (primary N) is 1. The van der Waals surface area contributed by atoms with Gasteiger partial charge in [-0.15, -0.1) is 0 Å². The van der Waals surface area contributed by atoms with Crippen LogP contribution in [0, 0.1) is 12.7 Å². The second kappa shape index (κ2) is 4.90. The van der Waals surface area contributed by atoms with Gasteiger partial charge in [0.2, 0.25) is 0 Å². The van der Waals surface area contributed by atoms with Crippen LogP contribution in [0.4, 0.5) is 4.39 Å². The van der Waals surface area contributed by atoms with Crippen LogP contribution in [0.2, 0.25) is 5.02 Å². The fourth-order valence-electron chi connectivity index (χ4n) is 2.49. The number of nitrogens with one attached hydrogen (secondary N) is 1. The first-order valence-corrected chi connectivity index (χ1v) is 6.72. The monoisotopic (exact) mass is 302 g/mol. The molecule has 3 rings (SSSR count). The molecule has 1 heterocycles. The number of primary amides is 1. The number of aryl methyl sites for hydroxylation is 1. The molecule has 0 aliphatic heterocycles. The van der Waals surface area contributed by atoms with Gasteiger partial charge in [0, 0.05) is 16.0 Å². The quantitative estimate of drug-likeness (QED) is 0.737. The highest BCUT2D eigenvalue weighted by molar-refractivity contribution is 6.32. The number of amides is 1. The van der Waals surface area contributed by atoms with Crippen molar-refractivity contribution >= 4 is 28.4 Å². The number of aromatic amines is 1. The summed E-state index contributed by atoms with van der Waals surface area (Å²) in [5, 5.41) is 1.37. The number of benzene rings is 2. The zero-order valence-corrected chi connectivity index (χ0v) is 12.0. The van der Waals surface area contributed by atoms with E-state index in [4.69, 9.17) is 17.3 Å². The number of hydrogen-bond acceptors (Lipinski definition) is 1. The van der Waals surface area contributed by atoms with Crippen molar-refractivity contribution < 1.29 is 9.18 Å². The average Bonchev–Trinajstić information content (AvgIpc) is 2.77. The lowest BCUT2D eigenvalue weighted by atomic mass is 10.0. The zero-order valence-electron chi connectivity index (χ0n) is 11.2. The minimum absolute atomic E-state index is 0.308. The smallest absolute Gasteiger partial charge is 0.265 e. The molecular formula is C16H12ClFN2O. The van der Waals surface area contributed by atoms with Gasteiger partial charge in [0.1, 0.15) is 11.5 Å². The first-order valence-electron chi connectivity index (χ1n) is 6.35. The van der Waals surface area contributed by atoms with Crippen LogP contribution >= 0.6 is 11.6 Å². The molecule has 3 N–H and O–H groups in total. The Morgan fingerprint density at radius 2 is 1.90 bits per heavy atom. The number of halogens is 2. The molecule has 0 fully saturated rings. The van der Waals surface area contributed by atoms with E-state index in [1.165, 1.54) is 12.1 Å². The van der Waals surface area contributed by atoms with E-state index >= 15 is 0 Å². The van der Waals surface area contributed by atoms with Crippen LogP contribution in [0.15, 0.2) is 36.4 Å². The standard InChI is InChI=1S/C16H12ClFN2O/c1-8-12-6-10(17)7-13(9-2-4-11(18)5-3-9)15(12)20-14(8)16(19)21/h2-7,20H,1H3,(H2,19,21). The lowest BCUT2D eigenvalue weighted by molar-refractivity contribution is 0.0996. The third kappa shape index (κ3) is 2.28. The van der Waals surface area contributed by atoms with Crippen molar-refractivity contribution in [3.8, 4) is 11.1 Å². The summed E-state index contributed by atoms with van der Waals surface area (Å²) in [5.41, 5.74) is 8.85. The number of aromatic nitrogens is 1. The van der Waals surface area contributed by atoms with Gasteiger partial charge in [-0.05, 0) is 42.3 Å². The first-order chi connectivity index (χ1) is 9.97. The van der Waals surface area contributed by atoms with Crippen LogP contribution < -0.4 is 5.73 Å². The Labute approximate surface area is 125 Å². The van der Waals surface area contributed by atoms with Gasteiger partial charge < -0.3 is 10.7 Å². The highest BCUT2D eigenvalue weighted by Gasteiger charge is 2.16. The molecule has 1 amide bonds. The molecule has 5 heteroatoms. The molecule has 0 bridgehead atoms. The van der Waals surface area contributed by atoms with Gasteiger partial charge >= 0.3 is 0 Å². The van der Waals surface area contributed by atoms with E-state index in [0.717, 1.165) is 27.6 Å². The van der Waals surface area contributed by atoms with Gasteiger partial charge in [-0.1, -0.05) is 23.7 Å². The summed E-state index contributed by atoms with van der Waals surface area (Å²) in [5.74, 6) is -0.831. The molecule has 3 nitrogen and oxygen atoms in total. The minimum Gasteiger partial charge on any atom is -0.364 e. The highest BCUT2D eigenvalue weighted by atomic mass is 35.5. The molecule has 0 unspecified atom stereocenters. The molecule has 0 saturated heterocycles. The van der Waals surface area contributed by atoms with Crippen molar-refractivity contribution in [1.82, 2.24) is 4.98 Å². The van der Waals surface area contributed by atoms with Crippen molar-refractivity contribution in [2.45, 2.75) is 6.92 Å². The van der Waals surface area contributed by atoms with Crippen LogP contribution in [0.5, 0.6) is 0 Å². The maximum atomic E-state index is 13.1. The summed E-state index contributed by atoms with van der Waals surface area (Å²) in [6, 6.07) is 9.65. The highest BCUT2D eigenvalue weighted by Crippen LogP contribution is 2.34. The Kier molecular flexibility index (Phi) is 3.18. The Balaban J connectivity index is 2.34. The molecule has 1 aromatic heterocycles.